The number of nitrogens with zero attached hydrogens (tertiary/aromatic N) is 4. The quantitative estimate of drug-likeness (QED) is 0.588. The Balaban J connectivity index is 1.33. The molecule has 2 aliphatic heterocycles. The number of nitrogen functional groups attached to an aromatic ring is 1. The van der Waals surface area contributed by atoms with Crippen LogP contribution in [0.15, 0.2) is 48.8 Å². The summed E-state index contributed by atoms with van der Waals surface area (Å²) in [6.45, 7) is 1.38. The Kier molecular flexibility index (Phi) is 5.80. The van der Waals surface area contributed by atoms with E-state index in [1.807, 2.05) is 36.4 Å². The molecule has 1 aromatic heterocycles. The number of likely N-dealkylation sites (tertiary alicyclic amines) is 1. The van der Waals surface area contributed by atoms with Gasteiger partial charge in [0.2, 0.25) is 11.8 Å². The Morgan fingerprint density at radius 2 is 1.94 bits per heavy atom. The first kappa shape index (κ1) is 22.1. The molecule has 1 fully saturated rings. The third-order valence-corrected chi connectivity index (χ3v) is 6.26. The normalized spacial score (nSPS) is 15.9. The number of nitrogens with two attached hydrogens (primary N) is 1. The van der Waals surface area contributed by atoms with Gasteiger partial charge in [-0.25, -0.2) is 9.97 Å². The molecule has 0 aliphatic carbocycles. The predicted octanol–water partition coefficient (Wildman–Crippen LogP) is 2.16. The van der Waals surface area contributed by atoms with Crippen LogP contribution in [0.3, 0.4) is 0 Å². The monoisotopic (exact) mass is 479 g/mol. The van der Waals surface area contributed by atoms with Gasteiger partial charge in [-0.2, -0.15) is 0 Å². The lowest BCUT2D eigenvalue weighted by molar-refractivity contribution is -0.140. The van der Waals surface area contributed by atoms with Crippen molar-refractivity contribution in [3.63, 3.8) is 0 Å². The van der Waals surface area contributed by atoms with E-state index in [0.29, 0.717) is 30.3 Å². The number of amides is 2. The van der Waals surface area contributed by atoms with Gasteiger partial charge in [-0.3, -0.25) is 9.59 Å². The molecule has 3 heterocycles. The molecule has 0 bridgehead atoms. The highest BCUT2D eigenvalue weighted by Gasteiger charge is 2.29. The van der Waals surface area contributed by atoms with Crippen molar-refractivity contribution in [2.45, 2.75) is 12.5 Å². The zero-order valence-corrected chi connectivity index (χ0v) is 18.9. The third kappa shape index (κ3) is 4.15. The van der Waals surface area contributed by atoms with Crippen LogP contribution in [0.2, 0.25) is 5.02 Å². The fraction of sp³-hybridized carbons (Fsp3) is 0.250. The van der Waals surface area contributed by atoms with Crippen molar-refractivity contribution < 1.29 is 19.4 Å². The van der Waals surface area contributed by atoms with E-state index in [2.05, 4.69) is 9.97 Å². The molecule has 9 nitrogen and oxygen atoms in total. The van der Waals surface area contributed by atoms with E-state index in [-0.39, 0.29) is 42.1 Å². The van der Waals surface area contributed by atoms with E-state index >= 15 is 0 Å². The van der Waals surface area contributed by atoms with Crippen molar-refractivity contribution in [2.75, 3.05) is 36.9 Å². The van der Waals surface area contributed by atoms with Gasteiger partial charge in [0.05, 0.1) is 19.1 Å². The summed E-state index contributed by atoms with van der Waals surface area (Å²) in [5, 5.41) is 9.90. The molecule has 0 atom stereocenters. The van der Waals surface area contributed by atoms with Crippen LogP contribution in [-0.2, 0) is 11.2 Å². The first-order valence-corrected chi connectivity index (χ1v) is 11.2. The number of β-amino-alcohol motifs (C(OH)–C–C–N with tert-alkyl or cyclic N) is 1. The van der Waals surface area contributed by atoms with Gasteiger partial charge in [-0.1, -0.05) is 35.9 Å². The Hall–Kier alpha value is -3.69. The highest BCUT2D eigenvalue weighted by molar-refractivity contribution is 6.33. The van der Waals surface area contributed by atoms with Crippen LogP contribution in [0.5, 0.6) is 5.88 Å². The number of ether oxygens (including phenoxy) is 1. The number of rotatable bonds is 4. The van der Waals surface area contributed by atoms with Crippen molar-refractivity contribution in [3.8, 4) is 17.0 Å². The van der Waals surface area contributed by atoms with Crippen molar-refractivity contribution in [1.29, 1.82) is 0 Å². The Bertz CT molecular complexity index is 1260. The first-order valence-electron chi connectivity index (χ1n) is 10.8. The number of fused-ring (bicyclic) bond motifs is 1. The second kappa shape index (κ2) is 8.92. The van der Waals surface area contributed by atoms with Crippen LogP contribution in [0.1, 0.15) is 15.9 Å². The van der Waals surface area contributed by atoms with Gasteiger partial charge in [-0.05, 0) is 29.3 Å². The number of carbonyl (C=O) groups excluding carboxylic acids is 2. The van der Waals surface area contributed by atoms with Crippen LogP contribution < -0.4 is 15.4 Å². The largest absolute Gasteiger partial charge is 0.475 e. The molecular formula is C24H22ClN5O4. The Morgan fingerprint density at radius 3 is 2.65 bits per heavy atom. The lowest BCUT2D eigenvalue weighted by atomic mass is 10.0. The topological polar surface area (TPSA) is 122 Å². The van der Waals surface area contributed by atoms with E-state index < -0.39 is 6.10 Å². The maximum atomic E-state index is 13.1. The SMILES string of the molecule is Nc1ncnc2c1C(=O)N(c1ccc(-c3ccc(CC(=O)N4CC(O)C4)cc3Cl)cc1)CCO2. The van der Waals surface area contributed by atoms with Crippen LogP contribution in [0, 0.1) is 0 Å². The molecule has 174 valence electrons. The van der Waals surface area contributed by atoms with Crippen molar-refractivity contribution >= 4 is 34.9 Å². The maximum Gasteiger partial charge on any atom is 0.267 e. The molecule has 0 radical (unpaired) electrons. The number of anilines is 2. The molecule has 2 aromatic carbocycles. The summed E-state index contributed by atoms with van der Waals surface area (Å²) < 4.78 is 5.58. The lowest BCUT2D eigenvalue weighted by Gasteiger charge is -2.36. The van der Waals surface area contributed by atoms with E-state index in [1.165, 1.54) is 6.33 Å². The molecule has 0 unspecified atom stereocenters. The number of aliphatic hydroxyl groups is 1. The molecule has 2 amide bonds. The molecule has 1 saturated heterocycles. The second-order valence-electron chi connectivity index (χ2n) is 8.23. The van der Waals surface area contributed by atoms with Crippen molar-refractivity contribution in [2.24, 2.45) is 0 Å². The number of hydrogen-bond acceptors (Lipinski definition) is 7. The van der Waals surface area contributed by atoms with Gasteiger partial charge in [0.15, 0.2) is 0 Å². The zero-order chi connectivity index (χ0) is 23.8. The molecule has 3 N–H and O–H groups in total. The van der Waals surface area contributed by atoms with E-state index in [9.17, 15) is 14.7 Å². The molecule has 3 aromatic rings. The van der Waals surface area contributed by atoms with Crippen LogP contribution in [-0.4, -0.2) is 64.1 Å². The van der Waals surface area contributed by atoms with Gasteiger partial charge in [0, 0.05) is 29.4 Å². The average Bonchev–Trinajstić information content (AvgIpc) is 2.97. The number of hydrogen-bond donors (Lipinski definition) is 2. The summed E-state index contributed by atoms with van der Waals surface area (Å²) >= 11 is 6.53. The van der Waals surface area contributed by atoms with Crippen LogP contribution in [0.25, 0.3) is 11.1 Å². The number of aliphatic hydroxyl groups excluding tert-OH is 1. The summed E-state index contributed by atoms with van der Waals surface area (Å²) in [5.74, 6) is -0.0845. The smallest absolute Gasteiger partial charge is 0.267 e. The van der Waals surface area contributed by atoms with E-state index in [4.69, 9.17) is 22.1 Å². The number of benzene rings is 2. The minimum Gasteiger partial charge on any atom is -0.475 e. The highest BCUT2D eigenvalue weighted by Crippen LogP contribution is 2.32. The molecule has 0 saturated carbocycles. The number of carbonyl (C=O) groups is 2. The number of halogens is 1. The van der Waals surface area contributed by atoms with Crippen molar-refractivity contribution in [1.82, 2.24) is 14.9 Å². The predicted molar refractivity (Wildman–Crippen MR) is 127 cm³/mol. The molecular weight excluding hydrogens is 458 g/mol. The number of aromatic nitrogens is 2. The zero-order valence-electron chi connectivity index (χ0n) is 18.1. The maximum absolute atomic E-state index is 13.1. The summed E-state index contributed by atoms with van der Waals surface area (Å²) in [4.78, 5) is 36.5. The van der Waals surface area contributed by atoms with E-state index in [1.54, 1.807) is 15.9 Å². The minimum atomic E-state index is -0.421. The van der Waals surface area contributed by atoms with Gasteiger partial charge >= 0.3 is 0 Å². The molecule has 2 aliphatic rings. The van der Waals surface area contributed by atoms with Gasteiger partial charge in [0.25, 0.3) is 5.91 Å². The summed E-state index contributed by atoms with van der Waals surface area (Å²) in [6.07, 6.45) is 1.08. The standard InChI is InChI=1S/C24H22ClN5O4/c25-19-9-14(10-20(32)29-11-17(31)12-29)1-6-18(19)15-2-4-16(5-3-15)30-7-8-34-23-21(24(30)33)22(26)27-13-28-23/h1-6,9,13,17,31H,7-8,10-12H2,(H2,26,27,28). The Morgan fingerprint density at radius 1 is 1.18 bits per heavy atom. The second-order valence-corrected chi connectivity index (χ2v) is 8.64. The molecule has 10 heteroatoms. The molecule has 5 rings (SSSR count). The van der Waals surface area contributed by atoms with Crippen LogP contribution in [0.4, 0.5) is 11.5 Å². The fourth-order valence-electron chi connectivity index (χ4n) is 4.08. The molecule has 34 heavy (non-hydrogen) atoms. The first-order chi connectivity index (χ1) is 16.4. The van der Waals surface area contributed by atoms with Gasteiger partial charge in [0.1, 0.15) is 24.3 Å². The van der Waals surface area contributed by atoms with E-state index in [0.717, 1.165) is 16.7 Å². The lowest BCUT2D eigenvalue weighted by Crippen LogP contribution is -2.53. The highest BCUT2D eigenvalue weighted by atomic mass is 35.5. The average molecular weight is 480 g/mol. The van der Waals surface area contributed by atoms with Crippen molar-refractivity contribution in [3.05, 3.63) is 64.9 Å². The van der Waals surface area contributed by atoms with Gasteiger partial charge < -0.3 is 25.4 Å². The molecule has 0 spiro atoms. The summed E-state index contributed by atoms with van der Waals surface area (Å²) in [7, 11) is 0. The third-order valence-electron chi connectivity index (χ3n) is 5.95. The summed E-state index contributed by atoms with van der Waals surface area (Å²) in [6, 6.07) is 13.0. The summed E-state index contributed by atoms with van der Waals surface area (Å²) in [5.41, 5.74) is 9.25. The van der Waals surface area contributed by atoms with Gasteiger partial charge in [-0.15, -0.1) is 0 Å². The minimum absolute atomic E-state index is 0.0304. The Labute approximate surface area is 200 Å². The van der Waals surface area contributed by atoms with Crippen LogP contribution >= 0.6 is 11.6 Å². The fourth-order valence-corrected chi connectivity index (χ4v) is 4.39.